The van der Waals surface area contributed by atoms with Gasteiger partial charge in [0.25, 0.3) is 0 Å². The standard InChI is InChI=1S/C25H31NO3/c1-15-13-18(23(28)29)8-10-21(15)26-22(27)16(2)17-7-9-19-20(14-17)25(5,6)12-11-24(19,3)4/h7-10,13-14,16H,11-12H2,1-6H3,(H,26,27)(H,28,29). The van der Waals surface area contributed by atoms with Gasteiger partial charge in [-0.05, 0) is 78.0 Å². The van der Waals surface area contributed by atoms with Crippen molar-refractivity contribution < 1.29 is 14.7 Å². The van der Waals surface area contributed by atoms with E-state index in [-0.39, 0.29) is 28.2 Å². The summed E-state index contributed by atoms with van der Waals surface area (Å²) >= 11 is 0. The number of rotatable bonds is 4. The van der Waals surface area contributed by atoms with Gasteiger partial charge < -0.3 is 10.4 Å². The van der Waals surface area contributed by atoms with E-state index in [1.165, 1.54) is 17.2 Å². The quantitative estimate of drug-likeness (QED) is 0.691. The van der Waals surface area contributed by atoms with Crippen LogP contribution in [0.1, 0.15) is 86.0 Å². The van der Waals surface area contributed by atoms with Crippen LogP contribution in [-0.2, 0) is 15.6 Å². The van der Waals surface area contributed by atoms with Gasteiger partial charge >= 0.3 is 5.97 Å². The lowest BCUT2D eigenvalue weighted by Gasteiger charge is -2.42. The minimum absolute atomic E-state index is 0.0935. The molecular formula is C25H31NO3. The molecule has 0 saturated heterocycles. The molecule has 0 fully saturated rings. The summed E-state index contributed by atoms with van der Waals surface area (Å²) in [6.45, 7) is 12.9. The van der Waals surface area contributed by atoms with Crippen LogP contribution in [0.15, 0.2) is 36.4 Å². The normalized spacial score (nSPS) is 17.9. The van der Waals surface area contributed by atoms with Crippen molar-refractivity contribution in [2.45, 2.75) is 71.1 Å². The molecule has 1 aliphatic carbocycles. The number of fused-ring (bicyclic) bond motifs is 1. The Balaban J connectivity index is 1.86. The smallest absolute Gasteiger partial charge is 0.335 e. The van der Waals surface area contributed by atoms with Gasteiger partial charge in [-0.2, -0.15) is 0 Å². The average Bonchev–Trinajstić information content (AvgIpc) is 2.66. The largest absolute Gasteiger partial charge is 0.478 e. The fourth-order valence-electron chi connectivity index (χ4n) is 4.20. The van der Waals surface area contributed by atoms with Crippen LogP contribution in [0.4, 0.5) is 5.69 Å². The molecule has 1 unspecified atom stereocenters. The van der Waals surface area contributed by atoms with Crippen LogP contribution in [0.25, 0.3) is 0 Å². The first-order valence-electron chi connectivity index (χ1n) is 10.2. The lowest BCUT2D eigenvalue weighted by Crippen LogP contribution is -2.34. The lowest BCUT2D eigenvalue weighted by molar-refractivity contribution is -0.117. The van der Waals surface area contributed by atoms with Crippen molar-refractivity contribution in [2.24, 2.45) is 0 Å². The molecular weight excluding hydrogens is 362 g/mol. The summed E-state index contributed by atoms with van der Waals surface area (Å²) in [6.07, 6.45) is 2.29. The number of nitrogens with one attached hydrogen (secondary N) is 1. The molecule has 3 rings (SSSR count). The molecule has 4 heteroatoms. The molecule has 2 N–H and O–H groups in total. The van der Waals surface area contributed by atoms with E-state index in [9.17, 15) is 9.59 Å². The molecule has 0 aliphatic heterocycles. The van der Waals surface area contributed by atoms with Gasteiger partial charge in [0, 0.05) is 5.69 Å². The molecule has 0 aromatic heterocycles. The summed E-state index contributed by atoms with van der Waals surface area (Å²) in [7, 11) is 0. The zero-order valence-corrected chi connectivity index (χ0v) is 18.2. The molecule has 154 valence electrons. The van der Waals surface area contributed by atoms with Gasteiger partial charge in [0.2, 0.25) is 5.91 Å². The Kier molecular flexibility index (Phi) is 5.33. The van der Waals surface area contributed by atoms with Gasteiger partial charge in [0.1, 0.15) is 0 Å². The van der Waals surface area contributed by atoms with E-state index in [1.807, 2.05) is 6.92 Å². The zero-order valence-electron chi connectivity index (χ0n) is 18.2. The van der Waals surface area contributed by atoms with Gasteiger partial charge in [0.05, 0.1) is 11.5 Å². The fourth-order valence-corrected chi connectivity index (χ4v) is 4.20. The number of carbonyl (C=O) groups excluding carboxylic acids is 1. The van der Waals surface area contributed by atoms with Crippen molar-refractivity contribution in [1.82, 2.24) is 0 Å². The minimum Gasteiger partial charge on any atom is -0.478 e. The van der Waals surface area contributed by atoms with Crippen molar-refractivity contribution in [3.63, 3.8) is 0 Å². The second-order valence-electron chi connectivity index (χ2n) is 9.62. The second kappa shape index (κ2) is 7.33. The molecule has 2 aromatic carbocycles. The van der Waals surface area contributed by atoms with Crippen LogP contribution in [0.2, 0.25) is 0 Å². The van der Waals surface area contributed by atoms with Crippen LogP contribution < -0.4 is 5.32 Å². The summed E-state index contributed by atoms with van der Waals surface area (Å²) in [5.74, 6) is -1.37. The fraction of sp³-hybridized carbons (Fsp3) is 0.440. The predicted molar refractivity (Wildman–Crippen MR) is 117 cm³/mol. The highest BCUT2D eigenvalue weighted by atomic mass is 16.4. The predicted octanol–water partition coefficient (Wildman–Crippen LogP) is 5.78. The first-order chi connectivity index (χ1) is 13.4. The first-order valence-corrected chi connectivity index (χ1v) is 10.2. The molecule has 4 nitrogen and oxygen atoms in total. The van der Waals surface area contributed by atoms with Gasteiger partial charge in [-0.3, -0.25) is 4.79 Å². The summed E-state index contributed by atoms with van der Waals surface area (Å²) in [5.41, 5.74) is 5.57. The summed E-state index contributed by atoms with van der Waals surface area (Å²) in [4.78, 5) is 24.0. The van der Waals surface area contributed by atoms with Crippen molar-refractivity contribution in [3.05, 3.63) is 64.2 Å². The summed E-state index contributed by atoms with van der Waals surface area (Å²) in [5, 5.41) is 12.1. The van der Waals surface area contributed by atoms with E-state index >= 15 is 0 Å². The van der Waals surface area contributed by atoms with Gasteiger partial charge in [-0.15, -0.1) is 0 Å². The van der Waals surface area contributed by atoms with Crippen LogP contribution in [-0.4, -0.2) is 17.0 Å². The maximum Gasteiger partial charge on any atom is 0.335 e. The third kappa shape index (κ3) is 4.07. The van der Waals surface area contributed by atoms with Crippen LogP contribution in [0.5, 0.6) is 0 Å². The number of amides is 1. The molecule has 0 saturated carbocycles. The van der Waals surface area contributed by atoms with Crippen LogP contribution >= 0.6 is 0 Å². The average molecular weight is 394 g/mol. The Labute approximate surface area is 173 Å². The van der Waals surface area contributed by atoms with Crippen LogP contribution in [0, 0.1) is 6.92 Å². The molecule has 0 spiro atoms. The highest BCUT2D eigenvalue weighted by Crippen LogP contribution is 2.46. The van der Waals surface area contributed by atoms with Gasteiger partial charge in [-0.25, -0.2) is 4.79 Å². The Bertz CT molecular complexity index is 972. The van der Waals surface area contributed by atoms with E-state index in [4.69, 9.17) is 5.11 Å². The Morgan fingerprint density at radius 1 is 0.966 bits per heavy atom. The van der Waals surface area contributed by atoms with Crippen molar-refractivity contribution in [2.75, 3.05) is 5.32 Å². The van der Waals surface area contributed by atoms with E-state index in [2.05, 4.69) is 51.2 Å². The number of hydrogen-bond acceptors (Lipinski definition) is 2. The number of aryl methyl sites for hydroxylation is 1. The number of carbonyl (C=O) groups is 2. The number of carboxylic acids is 1. The molecule has 1 atom stereocenters. The third-order valence-electron chi connectivity index (χ3n) is 6.50. The number of benzene rings is 2. The van der Waals surface area contributed by atoms with Crippen molar-refractivity contribution >= 4 is 17.6 Å². The van der Waals surface area contributed by atoms with E-state index in [0.29, 0.717) is 5.69 Å². The molecule has 0 bridgehead atoms. The minimum atomic E-state index is -0.973. The monoisotopic (exact) mass is 393 g/mol. The topological polar surface area (TPSA) is 66.4 Å². The van der Waals surface area contributed by atoms with Gasteiger partial charge in [0.15, 0.2) is 0 Å². The molecule has 1 aliphatic rings. The molecule has 0 heterocycles. The molecule has 2 aromatic rings. The Morgan fingerprint density at radius 3 is 2.17 bits per heavy atom. The first kappa shape index (κ1) is 21.1. The number of anilines is 1. The molecule has 1 amide bonds. The lowest BCUT2D eigenvalue weighted by atomic mass is 9.62. The van der Waals surface area contributed by atoms with Gasteiger partial charge in [-0.1, -0.05) is 45.9 Å². The second-order valence-corrected chi connectivity index (χ2v) is 9.62. The van der Waals surface area contributed by atoms with E-state index < -0.39 is 5.97 Å². The SMILES string of the molecule is Cc1cc(C(=O)O)ccc1NC(=O)C(C)c1ccc2c(c1)C(C)(C)CCC2(C)C. The molecule has 29 heavy (non-hydrogen) atoms. The summed E-state index contributed by atoms with van der Waals surface area (Å²) < 4.78 is 0. The summed E-state index contributed by atoms with van der Waals surface area (Å²) in [6, 6.07) is 11.2. The number of aromatic carboxylic acids is 1. The van der Waals surface area contributed by atoms with Crippen LogP contribution in [0.3, 0.4) is 0 Å². The van der Waals surface area contributed by atoms with E-state index in [0.717, 1.165) is 24.0 Å². The number of hydrogen-bond donors (Lipinski definition) is 2. The maximum atomic E-state index is 12.9. The Morgan fingerprint density at radius 2 is 1.59 bits per heavy atom. The third-order valence-corrected chi connectivity index (χ3v) is 6.50. The highest BCUT2D eigenvalue weighted by Gasteiger charge is 2.37. The Hall–Kier alpha value is -2.62. The molecule has 0 radical (unpaired) electrons. The maximum absolute atomic E-state index is 12.9. The van der Waals surface area contributed by atoms with Crippen molar-refractivity contribution in [3.8, 4) is 0 Å². The zero-order chi connectivity index (χ0) is 21.6. The van der Waals surface area contributed by atoms with Crippen molar-refractivity contribution in [1.29, 1.82) is 0 Å². The highest BCUT2D eigenvalue weighted by molar-refractivity contribution is 5.97. The van der Waals surface area contributed by atoms with E-state index in [1.54, 1.807) is 19.1 Å². The number of carboxylic acid groups (broad SMARTS) is 1.